The summed E-state index contributed by atoms with van der Waals surface area (Å²) in [5, 5.41) is 0. The molecule has 0 saturated carbocycles. The van der Waals surface area contributed by atoms with Crippen molar-refractivity contribution in [3.8, 4) is 9.75 Å². The normalized spacial score (nSPS) is 13.8. The third-order valence-electron chi connectivity index (χ3n) is 4.91. The Balaban J connectivity index is 1.41. The molecule has 0 bridgehead atoms. The number of hydrogen-bond acceptors (Lipinski definition) is 4. The second-order valence-electron chi connectivity index (χ2n) is 7.13. The summed E-state index contributed by atoms with van der Waals surface area (Å²) < 4.78 is 0. The van der Waals surface area contributed by atoms with Gasteiger partial charge in [-0.1, -0.05) is 60.7 Å². The zero-order chi connectivity index (χ0) is 20.8. The average Bonchev–Trinajstić information content (AvgIpc) is 3.46. The molecule has 2 heterocycles. The predicted octanol–water partition coefficient (Wildman–Crippen LogP) is 7.84. The summed E-state index contributed by atoms with van der Waals surface area (Å²) in [6.45, 7) is 4.25. The van der Waals surface area contributed by atoms with Gasteiger partial charge in [-0.3, -0.25) is 9.98 Å². The molecule has 2 nitrogen and oxygen atoms in total. The predicted molar refractivity (Wildman–Crippen MR) is 133 cm³/mol. The minimum absolute atomic E-state index is 0.160. The van der Waals surface area contributed by atoms with Crippen LogP contribution in [0.5, 0.6) is 0 Å². The molecule has 4 heteroatoms. The molecule has 4 rings (SSSR count). The molecule has 2 aromatic heterocycles. The van der Waals surface area contributed by atoms with Crippen LogP contribution in [0.3, 0.4) is 0 Å². The van der Waals surface area contributed by atoms with Crippen LogP contribution in [0.15, 0.2) is 94.9 Å². The molecule has 0 N–H and O–H groups in total. The molecule has 0 unspecified atom stereocenters. The number of nitrogens with zero attached hydrogens (tertiary/aromatic N) is 2. The van der Waals surface area contributed by atoms with E-state index in [1.54, 1.807) is 22.7 Å². The maximum atomic E-state index is 4.72. The highest BCUT2D eigenvalue weighted by atomic mass is 32.1. The first-order chi connectivity index (χ1) is 14.7. The van der Waals surface area contributed by atoms with Gasteiger partial charge >= 0.3 is 0 Å². The van der Waals surface area contributed by atoms with E-state index in [1.165, 1.54) is 30.6 Å². The first-order valence-electron chi connectivity index (χ1n) is 10.1. The first kappa shape index (κ1) is 20.5. The second-order valence-corrected chi connectivity index (χ2v) is 9.36. The lowest BCUT2D eigenvalue weighted by molar-refractivity contribution is 0.825. The quantitative estimate of drug-likeness (QED) is 0.268. The summed E-state index contributed by atoms with van der Waals surface area (Å²) in [6, 6.07) is 29.8. The van der Waals surface area contributed by atoms with E-state index < -0.39 is 0 Å². The number of hydrogen-bond donors (Lipinski definition) is 0. The van der Waals surface area contributed by atoms with Gasteiger partial charge in [-0.25, -0.2) is 0 Å². The molecule has 0 aliphatic heterocycles. The van der Waals surface area contributed by atoms with Crippen molar-refractivity contribution in [1.29, 1.82) is 0 Å². The second kappa shape index (κ2) is 9.79. The van der Waals surface area contributed by atoms with Crippen molar-refractivity contribution < 1.29 is 0 Å². The van der Waals surface area contributed by atoms with E-state index in [2.05, 4.69) is 86.6 Å². The average molecular weight is 429 g/mol. The molecule has 0 spiro atoms. The van der Waals surface area contributed by atoms with Crippen molar-refractivity contribution >= 4 is 35.1 Å². The molecule has 0 aliphatic rings. The van der Waals surface area contributed by atoms with Gasteiger partial charge < -0.3 is 0 Å². The van der Waals surface area contributed by atoms with Gasteiger partial charge in [-0.05, 0) is 49.2 Å². The van der Waals surface area contributed by atoms with Gasteiger partial charge in [0.1, 0.15) is 0 Å². The largest absolute Gasteiger partial charge is 0.284 e. The lowest BCUT2D eigenvalue weighted by Crippen LogP contribution is -1.89. The fraction of sp³-hybridized carbons (Fsp3) is 0.154. The van der Waals surface area contributed by atoms with Gasteiger partial charge in [0.15, 0.2) is 0 Å². The van der Waals surface area contributed by atoms with Crippen LogP contribution in [0.25, 0.3) is 9.75 Å². The molecule has 0 amide bonds. The Morgan fingerprint density at radius 3 is 1.37 bits per heavy atom. The zero-order valence-electron chi connectivity index (χ0n) is 17.1. The molecular formula is C26H24N2S2. The van der Waals surface area contributed by atoms with E-state index in [1.807, 2.05) is 24.6 Å². The summed E-state index contributed by atoms with van der Waals surface area (Å²) in [5.41, 5.74) is 2.47. The molecule has 150 valence electrons. The molecule has 30 heavy (non-hydrogen) atoms. The maximum Gasteiger partial charge on any atom is 0.0721 e. The lowest BCUT2D eigenvalue weighted by Gasteiger charge is -2.04. The number of thiophene rings is 2. The third-order valence-corrected chi connectivity index (χ3v) is 7.15. The van der Waals surface area contributed by atoms with Crippen LogP contribution in [-0.4, -0.2) is 12.4 Å². The van der Waals surface area contributed by atoms with Gasteiger partial charge in [-0.15, -0.1) is 22.7 Å². The van der Waals surface area contributed by atoms with Gasteiger partial charge in [0.2, 0.25) is 0 Å². The summed E-state index contributed by atoms with van der Waals surface area (Å²) >= 11 is 3.55. The molecular weight excluding hydrogens is 404 g/mol. The summed E-state index contributed by atoms with van der Waals surface area (Å²) in [6.07, 6.45) is 3.98. The van der Waals surface area contributed by atoms with Crippen molar-refractivity contribution in [2.75, 3.05) is 0 Å². The third kappa shape index (κ3) is 5.21. The molecule has 4 aromatic rings. The number of benzene rings is 2. The highest BCUT2D eigenvalue weighted by molar-refractivity contribution is 7.23. The maximum absolute atomic E-state index is 4.72. The fourth-order valence-electron chi connectivity index (χ4n) is 3.12. The SMILES string of the molecule is C[C@@H](N=Cc1ccc(-c2ccc(C=N[C@H](C)c3ccccc3)s2)s1)c1ccccc1. The van der Waals surface area contributed by atoms with Crippen molar-refractivity contribution in [1.82, 2.24) is 0 Å². The fourth-order valence-corrected chi connectivity index (χ4v) is 4.98. The van der Waals surface area contributed by atoms with E-state index in [-0.39, 0.29) is 12.1 Å². The van der Waals surface area contributed by atoms with E-state index in [9.17, 15) is 0 Å². The monoisotopic (exact) mass is 428 g/mol. The smallest absolute Gasteiger partial charge is 0.0721 e. The highest BCUT2D eigenvalue weighted by Crippen LogP contribution is 2.33. The topological polar surface area (TPSA) is 24.7 Å². The molecule has 2 atom stereocenters. The van der Waals surface area contributed by atoms with Gasteiger partial charge in [0, 0.05) is 31.9 Å². The molecule has 0 aliphatic carbocycles. The van der Waals surface area contributed by atoms with Gasteiger partial charge in [0.25, 0.3) is 0 Å². The summed E-state index contributed by atoms with van der Waals surface area (Å²) in [7, 11) is 0. The van der Waals surface area contributed by atoms with E-state index >= 15 is 0 Å². The van der Waals surface area contributed by atoms with Gasteiger partial charge in [-0.2, -0.15) is 0 Å². The highest BCUT2D eigenvalue weighted by Gasteiger charge is 2.07. The Hall–Kier alpha value is -2.82. The van der Waals surface area contributed by atoms with Crippen molar-refractivity contribution in [2.45, 2.75) is 25.9 Å². The molecule has 0 radical (unpaired) electrons. The summed E-state index contributed by atoms with van der Waals surface area (Å²) in [5.74, 6) is 0. The van der Waals surface area contributed by atoms with Crippen molar-refractivity contribution in [2.24, 2.45) is 9.98 Å². The van der Waals surface area contributed by atoms with Crippen LogP contribution in [0, 0.1) is 0 Å². The van der Waals surface area contributed by atoms with Crippen molar-refractivity contribution in [3.63, 3.8) is 0 Å². The molecule has 0 saturated heterocycles. The number of rotatable bonds is 7. The van der Waals surface area contributed by atoms with Gasteiger partial charge in [0.05, 0.1) is 12.1 Å². The number of aliphatic imine (C=N–C) groups is 2. The Labute approximate surface area is 186 Å². The Morgan fingerprint density at radius 1 is 0.567 bits per heavy atom. The van der Waals surface area contributed by atoms with Crippen LogP contribution in [0.2, 0.25) is 0 Å². The van der Waals surface area contributed by atoms with Crippen molar-refractivity contribution in [3.05, 3.63) is 106 Å². The van der Waals surface area contributed by atoms with Crippen LogP contribution < -0.4 is 0 Å². The first-order valence-corrected chi connectivity index (χ1v) is 11.7. The van der Waals surface area contributed by atoms with Crippen LogP contribution >= 0.6 is 22.7 Å². The molecule has 0 fully saturated rings. The minimum Gasteiger partial charge on any atom is -0.284 e. The van der Waals surface area contributed by atoms with Crippen LogP contribution in [-0.2, 0) is 0 Å². The van der Waals surface area contributed by atoms with Crippen LogP contribution in [0.1, 0.15) is 46.8 Å². The minimum atomic E-state index is 0.160. The van der Waals surface area contributed by atoms with E-state index in [0.717, 1.165) is 0 Å². The van der Waals surface area contributed by atoms with Crippen LogP contribution in [0.4, 0.5) is 0 Å². The lowest BCUT2D eigenvalue weighted by atomic mass is 10.1. The standard InChI is InChI=1S/C26H24N2S2/c1-19(21-9-5-3-6-10-21)27-17-23-13-15-25(29-23)26-16-14-24(30-26)18-28-20(2)22-11-7-4-8-12-22/h3-20H,1-2H3/t19-,20-/m1/s1. The summed E-state index contributed by atoms with van der Waals surface area (Å²) in [4.78, 5) is 14.3. The Morgan fingerprint density at radius 2 is 0.967 bits per heavy atom. The Kier molecular flexibility index (Phi) is 6.67. The zero-order valence-corrected chi connectivity index (χ0v) is 18.7. The Bertz CT molecular complexity index is 1030. The molecule has 2 aromatic carbocycles. The van der Waals surface area contributed by atoms with E-state index in [4.69, 9.17) is 9.98 Å². The van der Waals surface area contributed by atoms with E-state index in [0.29, 0.717) is 0 Å².